The minimum Gasteiger partial charge on any atom is -0.462 e. The maximum Gasteiger partial charge on any atom is 0.472 e. The van der Waals surface area contributed by atoms with Gasteiger partial charge in [0.15, 0.2) is 6.10 Å². The third kappa shape index (κ3) is 63.9. The summed E-state index contributed by atoms with van der Waals surface area (Å²) < 4.78 is 33.0. The summed E-state index contributed by atoms with van der Waals surface area (Å²) in [5.74, 6) is -0.892. The van der Waals surface area contributed by atoms with Crippen molar-refractivity contribution < 1.29 is 37.6 Å². The van der Waals surface area contributed by atoms with Crippen molar-refractivity contribution in [3.05, 3.63) is 194 Å². The van der Waals surface area contributed by atoms with Gasteiger partial charge in [-0.2, -0.15) is 0 Å². The van der Waals surface area contributed by atoms with Gasteiger partial charge in [0.25, 0.3) is 0 Å². The standard InChI is InChI=1S/C71H110NO8P/c1-3-5-7-9-11-13-15-17-19-21-23-25-27-28-29-30-31-32-33-34-35-36-37-38-39-40-42-44-46-48-50-52-54-56-58-60-62-64-71(74)80-69(68-79-81(75,76)78-66-65-72)67-77-70(73)63-61-59-57-55-53-51-49-47-45-43-41-26-24-22-20-18-16-14-12-10-8-6-4-2/h5-8,11-14,17-20,23-26,28-29,31-32,34-35,37-38,40,42-43,45-46,48-49,51,69H,3-4,9-10,15-16,21-22,27,30,33,36,39,41,44,47,50,52-68,72H2,1-2H3,(H,75,76)/b7-5-,8-6-,13-11-,14-12-,19-17-,20-18-,25-23-,26-24-,29-28-,32-31-,35-34-,38-37-,42-40-,45-43-,48-46-,51-49-. The molecule has 2 atom stereocenters. The van der Waals surface area contributed by atoms with Crippen LogP contribution in [0.2, 0.25) is 0 Å². The minimum atomic E-state index is -4.42. The highest BCUT2D eigenvalue weighted by atomic mass is 31.2. The Labute approximate surface area is 494 Å². The second kappa shape index (κ2) is 64.0. The van der Waals surface area contributed by atoms with Gasteiger partial charge in [-0.3, -0.25) is 18.6 Å². The van der Waals surface area contributed by atoms with Crippen LogP contribution in [0, 0.1) is 0 Å². The maximum absolute atomic E-state index is 12.7. The Bertz CT molecular complexity index is 2020. The summed E-state index contributed by atoms with van der Waals surface area (Å²) in [6, 6.07) is 0. The Morgan fingerprint density at radius 1 is 0.370 bits per heavy atom. The highest BCUT2D eigenvalue weighted by Crippen LogP contribution is 2.43. The third-order valence-electron chi connectivity index (χ3n) is 12.0. The number of allylic oxidation sites excluding steroid dienone is 32. The zero-order chi connectivity index (χ0) is 58.7. The van der Waals surface area contributed by atoms with Crippen LogP contribution in [0.3, 0.4) is 0 Å². The van der Waals surface area contributed by atoms with Gasteiger partial charge in [-0.15, -0.1) is 0 Å². The van der Waals surface area contributed by atoms with Crippen LogP contribution in [0.1, 0.15) is 206 Å². The number of phosphoric acid groups is 1. The van der Waals surface area contributed by atoms with E-state index >= 15 is 0 Å². The van der Waals surface area contributed by atoms with Gasteiger partial charge < -0.3 is 20.1 Å². The van der Waals surface area contributed by atoms with Crippen LogP contribution < -0.4 is 5.73 Å². The summed E-state index contributed by atoms with van der Waals surface area (Å²) in [6.45, 7) is 3.43. The summed E-state index contributed by atoms with van der Waals surface area (Å²) in [5.41, 5.74) is 5.38. The number of phosphoric ester groups is 1. The van der Waals surface area contributed by atoms with E-state index in [1.54, 1.807) is 0 Å². The average molecular weight is 1140 g/mol. The summed E-state index contributed by atoms with van der Waals surface area (Å²) in [5, 5.41) is 0. The molecule has 9 nitrogen and oxygen atoms in total. The number of hydrogen-bond acceptors (Lipinski definition) is 8. The van der Waals surface area contributed by atoms with E-state index in [0.29, 0.717) is 12.8 Å². The van der Waals surface area contributed by atoms with Crippen LogP contribution in [0.25, 0.3) is 0 Å². The molecule has 0 aliphatic rings. The van der Waals surface area contributed by atoms with E-state index in [2.05, 4.69) is 208 Å². The predicted molar refractivity (Wildman–Crippen MR) is 348 cm³/mol. The normalized spacial score (nSPS) is 14.4. The Balaban J connectivity index is 4.11. The monoisotopic (exact) mass is 1140 g/mol. The quantitative estimate of drug-likeness (QED) is 0.0264. The summed E-state index contributed by atoms with van der Waals surface area (Å²) >= 11 is 0. The van der Waals surface area contributed by atoms with Crippen LogP contribution in [0.5, 0.6) is 0 Å². The molecule has 0 heterocycles. The van der Waals surface area contributed by atoms with Gasteiger partial charge in [0.2, 0.25) is 0 Å². The maximum atomic E-state index is 12.7. The third-order valence-corrected chi connectivity index (χ3v) is 13.0. The molecule has 0 aliphatic carbocycles. The summed E-state index contributed by atoms with van der Waals surface area (Å²) in [7, 11) is -4.42. The van der Waals surface area contributed by atoms with Crippen LogP contribution in [0.15, 0.2) is 194 Å². The highest BCUT2D eigenvalue weighted by Gasteiger charge is 2.26. The molecule has 81 heavy (non-hydrogen) atoms. The molecule has 0 radical (unpaired) electrons. The first kappa shape index (κ1) is 75.8. The molecule has 0 spiro atoms. The van der Waals surface area contributed by atoms with Crippen molar-refractivity contribution in [2.24, 2.45) is 5.73 Å². The molecule has 0 bridgehead atoms. The molecule has 2 unspecified atom stereocenters. The molecule has 452 valence electrons. The van der Waals surface area contributed by atoms with Gasteiger partial charge in [0, 0.05) is 19.4 Å². The van der Waals surface area contributed by atoms with Gasteiger partial charge in [-0.25, -0.2) is 4.57 Å². The van der Waals surface area contributed by atoms with E-state index in [-0.39, 0.29) is 32.6 Å². The van der Waals surface area contributed by atoms with Crippen LogP contribution in [-0.2, 0) is 32.7 Å². The molecular weight excluding hydrogens is 1030 g/mol. The second-order valence-electron chi connectivity index (χ2n) is 19.5. The van der Waals surface area contributed by atoms with Crippen LogP contribution >= 0.6 is 7.82 Å². The van der Waals surface area contributed by atoms with Crippen molar-refractivity contribution >= 4 is 19.8 Å². The minimum absolute atomic E-state index is 0.0354. The molecule has 10 heteroatoms. The largest absolute Gasteiger partial charge is 0.472 e. The lowest BCUT2D eigenvalue weighted by atomic mass is 10.1. The Morgan fingerprint density at radius 2 is 0.642 bits per heavy atom. The van der Waals surface area contributed by atoms with Crippen molar-refractivity contribution in [3.8, 4) is 0 Å². The predicted octanol–water partition coefficient (Wildman–Crippen LogP) is 20.2. The molecule has 0 aliphatic heterocycles. The van der Waals surface area contributed by atoms with Crippen molar-refractivity contribution in [1.29, 1.82) is 0 Å². The average Bonchev–Trinajstić information content (AvgIpc) is 3.46. The zero-order valence-electron chi connectivity index (χ0n) is 50.4. The van der Waals surface area contributed by atoms with Crippen molar-refractivity contribution in [1.82, 2.24) is 0 Å². The molecule has 0 saturated heterocycles. The van der Waals surface area contributed by atoms with E-state index in [9.17, 15) is 19.0 Å². The van der Waals surface area contributed by atoms with E-state index < -0.39 is 32.5 Å². The van der Waals surface area contributed by atoms with Gasteiger partial charge in [-0.05, 0) is 141 Å². The summed E-state index contributed by atoms with van der Waals surface area (Å²) in [4.78, 5) is 35.2. The number of rotatable bonds is 55. The Morgan fingerprint density at radius 3 is 0.951 bits per heavy atom. The number of ether oxygens (including phenoxy) is 2. The number of esters is 2. The summed E-state index contributed by atoms with van der Waals surface area (Å²) in [6.07, 6.45) is 97.7. The van der Waals surface area contributed by atoms with Crippen LogP contribution in [-0.4, -0.2) is 49.3 Å². The van der Waals surface area contributed by atoms with E-state index in [0.717, 1.165) is 167 Å². The molecule has 0 aromatic carbocycles. The Hall–Kier alpha value is -5.15. The number of unbranched alkanes of at least 4 members (excludes halogenated alkanes) is 10. The zero-order valence-corrected chi connectivity index (χ0v) is 51.3. The van der Waals surface area contributed by atoms with Crippen molar-refractivity contribution in [3.63, 3.8) is 0 Å². The molecule has 0 aromatic rings. The number of carbonyl (C=O) groups excluding carboxylic acids is 2. The lowest BCUT2D eigenvalue weighted by molar-refractivity contribution is -0.161. The topological polar surface area (TPSA) is 134 Å². The number of nitrogens with two attached hydrogens (primary N) is 1. The Kier molecular flexibility index (Phi) is 60.0. The van der Waals surface area contributed by atoms with Crippen molar-refractivity contribution in [2.45, 2.75) is 213 Å². The number of hydrogen-bond donors (Lipinski definition) is 2. The first-order valence-corrected chi connectivity index (χ1v) is 32.4. The lowest BCUT2D eigenvalue weighted by Crippen LogP contribution is -2.29. The second-order valence-corrected chi connectivity index (χ2v) is 20.9. The molecule has 3 N–H and O–H groups in total. The fourth-order valence-corrected chi connectivity index (χ4v) is 8.25. The SMILES string of the molecule is CC/C=C\C/C=C\C/C=C\C/C=C\C/C=C\C/C=C\C/C=C\C/C=C\C/C=C\C/C=C\CCCCCCCCC(=O)OC(COC(=O)CCCCCC/C=C\C/C=C\C/C=C\C/C=C\C/C=C\C/C=C\CC)COP(=O)(O)OCCN. The van der Waals surface area contributed by atoms with Gasteiger partial charge >= 0.3 is 19.8 Å². The highest BCUT2D eigenvalue weighted by molar-refractivity contribution is 7.47. The lowest BCUT2D eigenvalue weighted by Gasteiger charge is -2.19. The molecular formula is C71H110NO8P. The molecule has 0 aromatic heterocycles. The molecule has 0 amide bonds. The molecule has 0 rings (SSSR count). The van der Waals surface area contributed by atoms with Gasteiger partial charge in [-0.1, -0.05) is 247 Å². The first-order chi connectivity index (χ1) is 39.8. The smallest absolute Gasteiger partial charge is 0.462 e. The van der Waals surface area contributed by atoms with Gasteiger partial charge in [0.1, 0.15) is 6.61 Å². The van der Waals surface area contributed by atoms with Crippen molar-refractivity contribution in [2.75, 3.05) is 26.4 Å². The fourth-order valence-electron chi connectivity index (χ4n) is 7.49. The van der Waals surface area contributed by atoms with E-state index in [1.807, 2.05) is 0 Å². The van der Waals surface area contributed by atoms with Gasteiger partial charge in [0.05, 0.1) is 13.2 Å². The number of carbonyl (C=O) groups is 2. The van der Waals surface area contributed by atoms with Crippen LogP contribution in [0.4, 0.5) is 0 Å². The van der Waals surface area contributed by atoms with E-state index in [1.165, 1.54) is 0 Å². The first-order valence-electron chi connectivity index (χ1n) is 30.9. The molecule has 0 saturated carbocycles. The fraction of sp³-hybridized carbons (Fsp3) is 0.521. The van der Waals surface area contributed by atoms with E-state index in [4.69, 9.17) is 24.3 Å². The molecule has 0 fully saturated rings.